The SMILES string of the molecule is CC1(C)COB(c2ccc(C3CC(O)(C4CC4)C3)cc2)O1. The molecule has 21 heavy (non-hydrogen) atoms. The Morgan fingerprint density at radius 1 is 1.14 bits per heavy atom. The maximum Gasteiger partial charge on any atom is 0.494 e. The molecule has 1 aromatic carbocycles. The Kier molecular flexibility index (Phi) is 3.01. The molecule has 1 heterocycles. The van der Waals surface area contributed by atoms with E-state index in [2.05, 4.69) is 38.1 Å². The predicted octanol–water partition coefficient (Wildman–Crippen LogP) is 2.23. The smallest absolute Gasteiger partial charge is 0.404 e. The zero-order chi connectivity index (χ0) is 14.7. The van der Waals surface area contributed by atoms with Crippen molar-refractivity contribution in [2.24, 2.45) is 5.92 Å². The summed E-state index contributed by atoms with van der Waals surface area (Å²) >= 11 is 0. The highest BCUT2D eigenvalue weighted by Crippen LogP contribution is 2.55. The molecule has 112 valence electrons. The van der Waals surface area contributed by atoms with Crippen molar-refractivity contribution in [2.75, 3.05) is 6.61 Å². The lowest BCUT2D eigenvalue weighted by Gasteiger charge is -2.44. The molecule has 2 saturated carbocycles. The van der Waals surface area contributed by atoms with Crippen molar-refractivity contribution in [1.82, 2.24) is 0 Å². The number of hydrogen-bond acceptors (Lipinski definition) is 3. The van der Waals surface area contributed by atoms with Crippen molar-refractivity contribution in [3.05, 3.63) is 29.8 Å². The van der Waals surface area contributed by atoms with Gasteiger partial charge in [-0.05, 0) is 62.4 Å². The minimum Gasteiger partial charge on any atom is -0.404 e. The highest BCUT2D eigenvalue weighted by atomic mass is 16.7. The number of rotatable bonds is 3. The van der Waals surface area contributed by atoms with Crippen molar-refractivity contribution in [3.8, 4) is 0 Å². The van der Waals surface area contributed by atoms with Gasteiger partial charge in [-0.1, -0.05) is 24.3 Å². The lowest BCUT2D eigenvalue weighted by atomic mass is 9.65. The summed E-state index contributed by atoms with van der Waals surface area (Å²) in [5.41, 5.74) is 1.87. The van der Waals surface area contributed by atoms with Gasteiger partial charge in [0.05, 0.1) is 17.8 Å². The van der Waals surface area contributed by atoms with Crippen LogP contribution in [0.1, 0.15) is 51.0 Å². The van der Waals surface area contributed by atoms with Crippen molar-refractivity contribution >= 4 is 12.6 Å². The van der Waals surface area contributed by atoms with Crippen LogP contribution in [0.25, 0.3) is 0 Å². The fourth-order valence-corrected chi connectivity index (χ4v) is 3.71. The third-order valence-electron chi connectivity index (χ3n) is 5.23. The minimum absolute atomic E-state index is 0.196. The monoisotopic (exact) mass is 286 g/mol. The van der Waals surface area contributed by atoms with E-state index in [1.54, 1.807) is 0 Å². The molecule has 4 rings (SSSR count). The molecule has 1 aliphatic heterocycles. The fraction of sp³-hybridized carbons (Fsp3) is 0.647. The quantitative estimate of drug-likeness (QED) is 0.866. The van der Waals surface area contributed by atoms with Crippen LogP contribution >= 0.6 is 0 Å². The van der Waals surface area contributed by atoms with Gasteiger partial charge in [0.2, 0.25) is 0 Å². The van der Waals surface area contributed by atoms with E-state index in [0.717, 1.165) is 18.3 Å². The van der Waals surface area contributed by atoms with Crippen molar-refractivity contribution in [2.45, 2.75) is 56.7 Å². The largest absolute Gasteiger partial charge is 0.494 e. The molecule has 1 N–H and O–H groups in total. The van der Waals surface area contributed by atoms with Crippen LogP contribution in [0, 0.1) is 5.92 Å². The predicted molar refractivity (Wildman–Crippen MR) is 82.6 cm³/mol. The van der Waals surface area contributed by atoms with Crippen molar-refractivity contribution in [3.63, 3.8) is 0 Å². The first-order chi connectivity index (χ1) is 9.95. The average Bonchev–Trinajstić information content (AvgIpc) is 3.20. The van der Waals surface area contributed by atoms with Gasteiger partial charge in [0, 0.05) is 0 Å². The summed E-state index contributed by atoms with van der Waals surface area (Å²) in [6, 6.07) is 8.56. The first-order valence-electron chi connectivity index (χ1n) is 8.07. The molecule has 3 nitrogen and oxygen atoms in total. The molecule has 0 spiro atoms. The molecule has 0 bridgehead atoms. The number of hydrogen-bond donors (Lipinski definition) is 1. The molecule has 4 heteroatoms. The summed E-state index contributed by atoms with van der Waals surface area (Å²) in [6.45, 7) is 4.74. The maximum absolute atomic E-state index is 10.4. The van der Waals surface area contributed by atoms with Crippen LogP contribution < -0.4 is 5.46 Å². The van der Waals surface area contributed by atoms with E-state index < -0.39 is 0 Å². The molecule has 2 aliphatic carbocycles. The van der Waals surface area contributed by atoms with Crippen LogP contribution in [-0.2, 0) is 9.31 Å². The van der Waals surface area contributed by atoms with Gasteiger partial charge in [0.25, 0.3) is 0 Å². The summed E-state index contributed by atoms with van der Waals surface area (Å²) in [5.74, 6) is 1.10. The molecular formula is C17H23BO3. The molecule has 0 atom stereocenters. The third kappa shape index (κ3) is 2.54. The van der Waals surface area contributed by atoms with Gasteiger partial charge in [0.1, 0.15) is 0 Å². The van der Waals surface area contributed by atoms with Crippen LogP contribution in [0.15, 0.2) is 24.3 Å². The van der Waals surface area contributed by atoms with Crippen LogP contribution in [0.5, 0.6) is 0 Å². The molecule has 1 aromatic rings. The summed E-state index contributed by atoms with van der Waals surface area (Å²) in [5, 5.41) is 10.4. The van der Waals surface area contributed by atoms with Gasteiger partial charge in [-0.3, -0.25) is 0 Å². The lowest BCUT2D eigenvalue weighted by molar-refractivity contribution is -0.0679. The molecule has 0 amide bonds. The van der Waals surface area contributed by atoms with E-state index in [1.165, 1.54) is 18.4 Å². The van der Waals surface area contributed by atoms with E-state index in [-0.39, 0.29) is 18.3 Å². The summed E-state index contributed by atoms with van der Waals surface area (Å²) in [4.78, 5) is 0. The van der Waals surface area contributed by atoms with Gasteiger partial charge < -0.3 is 14.4 Å². The Morgan fingerprint density at radius 3 is 2.33 bits per heavy atom. The van der Waals surface area contributed by atoms with Crippen LogP contribution in [-0.4, -0.2) is 30.0 Å². The summed E-state index contributed by atoms with van der Waals surface area (Å²) < 4.78 is 11.6. The summed E-state index contributed by atoms with van der Waals surface area (Å²) in [6.07, 6.45) is 4.30. The van der Waals surface area contributed by atoms with E-state index in [0.29, 0.717) is 18.4 Å². The highest BCUT2D eigenvalue weighted by Gasteiger charge is 2.52. The normalized spacial score (nSPS) is 34.8. The van der Waals surface area contributed by atoms with Gasteiger partial charge in [-0.15, -0.1) is 0 Å². The van der Waals surface area contributed by atoms with Crippen molar-refractivity contribution < 1.29 is 14.4 Å². The van der Waals surface area contributed by atoms with Crippen LogP contribution in [0.4, 0.5) is 0 Å². The Balaban J connectivity index is 1.41. The molecule has 0 unspecified atom stereocenters. The zero-order valence-corrected chi connectivity index (χ0v) is 12.8. The maximum atomic E-state index is 10.4. The molecular weight excluding hydrogens is 263 g/mol. The van der Waals surface area contributed by atoms with Gasteiger partial charge in [0.15, 0.2) is 0 Å². The van der Waals surface area contributed by atoms with E-state index in [9.17, 15) is 5.11 Å². The summed E-state index contributed by atoms with van der Waals surface area (Å²) in [7, 11) is -0.237. The van der Waals surface area contributed by atoms with Crippen LogP contribution in [0.2, 0.25) is 0 Å². The Morgan fingerprint density at radius 2 is 1.81 bits per heavy atom. The van der Waals surface area contributed by atoms with E-state index >= 15 is 0 Å². The highest BCUT2D eigenvalue weighted by molar-refractivity contribution is 6.61. The lowest BCUT2D eigenvalue weighted by Crippen LogP contribution is -2.44. The second-order valence-electron chi connectivity index (χ2n) is 7.67. The number of aliphatic hydroxyl groups is 1. The second kappa shape index (κ2) is 4.58. The molecule has 3 fully saturated rings. The first kappa shape index (κ1) is 13.8. The van der Waals surface area contributed by atoms with Crippen LogP contribution in [0.3, 0.4) is 0 Å². The Bertz CT molecular complexity index is 529. The number of benzene rings is 1. The fourth-order valence-electron chi connectivity index (χ4n) is 3.71. The first-order valence-corrected chi connectivity index (χ1v) is 8.07. The van der Waals surface area contributed by atoms with E-state index in [4.69, 9.17) is 9.31 Å². The zero-order valence-electron chi connectivity index (χ0n) is 12.8. The standard InChI is InChI=1S/C17H23BO3/c1-16(2)11-20-18(21-16)15-7-3-12(4-8-15)13-9-17(19,10-13)14-5-6-14/h3-4,7-8,13-14,19H,5-6,9-11H2,1-2H3. The van der Waals surface area contributed by atoms with E-state index in [1.807, 2.05) is 0 Å². The second-order valence-corrected chi connectivity index (χ2v) is 7.67. The molecule has 1 saturated heterocycles. The minimum atomic E-state index is -0.356. The average molecular weight is 286 g/mol. The van der Waals surface area contributed by atoms with Gasteiger partial charge in [-0.25, -0.2) is 0 Å². The van der Waals surface area contributed by atoms with Crippen molar-refractivity contribution in [1.29, 1.82) is 0 Å². The molecule has 3 aliphatic rings. The topological polar surface area (TPSA) is 38.7 Å². The molecule has 0 aromatic heterocycles. The van der Waals surface area contributed by atoms with Gasteiger partial charge in [-0.2, -0.15) is 0 Å². The third-order valence-corrected chi connectivity index (χ3v) is 5.23. The molecule has 0 radical (unpaired) electrons. The van der Waals surface area contributed by atoms with Gasteiger partial charge >= 0.3 is 7.12 Å². The Labute approximate surface area is 126 Å². The Hall–Kier alpha value is -0.835.